The quantitative estimate of drug-likeness (QED) is 0.0814. The van der Waals surface area contributed by atoms with E-state index in [1.807, 2.05) is 4.90 Å². The highest BCUT2D eigenvalue weighted by Gasteiger charge is 2.42. The van der Waals surface area contributed by atoms with Crippen molar-refractivity contribution in [3.63, 3.8) is 0 Å². The molecule has 2 aromatic carbocycles. The number of alkyl halides is 1. The third-order valence-electron chi connectivity index (χ3n) is 11.5. The molecule has 2 aromatic heterocycles. The van der Waals surface area contributed by atoms with Gasteiger partial charge in [-0.15, -0.1) is 5.54 Å². The van der Waals surface area contributed by atoms with Gasteiger partial charge in [-0.05, 0) is 53.1 Å². The Hall–Kier alpha value is -3.96. The lowest BCUT2D eigenvalue weighted by Gasteiger charge is -2.38. The van der Waals surface area contributed by atoms with E-state index in [4.69, 9.17) is 19.2 Å². The molecule has 0 amide bonds. The Morgan fingerprint density at radius 1 is 0.964 bits per heavy atom. The van der Waals surface area contributed by atoms with Crippen LogP contribution in [0.15, 0.2) is 30.5 Å². The Kier molecular flexibility index (Phi) is 13.5. The van der Waals surface area contributed by atoms with Crippen LogP contribution in [0.2, 0.25) is 16.6 Å². The summed E-state index contributed by atoms with van der Waals surface area (Å²) in [7, 11) is -0.769. The number of nitrogens with zero attached hydrogens (tertiary/aromatic N) is 5. The minimum atomic E-state index is -2.28. The van der Waals surface area contributed by atoms with E-state index in [1.165, 1.54) is 19.4 Å². The van der Waals surface area contributed by atoms with Crippen molar-refractivity contribution >= 4 is 35.6 Å². The van der Waals surface area contributed by atoms with Crippen molar-refractivity contribution in [2.24, 2.45) is 5.92 Å². The second-order valence-electron chi connectivity index (χ2n) is 16.4. The lowest BCUT2D eigenvalue weighted by molar-refractivity contribution is 0.0512. The van der Waals surface area contributed by atoms with Crippen molar-refractivity contribution in [3.8, 4) is 34.5 Å². The number of methoxy groups -OCH3 is 1. The van der Waals surface area contributed by atoms with Gasteiger partial charge in [0.1, 0.15) is 42.8 Å². The van der Waals surface area contributed by atoms with Gasteiger partial charge in [-0.3, -0.25) is 4.98 Å². The minimum absolute atomic E-state index is 0.00804. The Labute approximate surface area is 330 Å². The van der Waals surface area contributed by atoms with Crippen LogP contribution >= 0.6 is 0 Å². The van der Waals surface area contributed by atoms with Gasteiger partial charge in [-0.1, -0.05) is 60.5 Å². The molecule has 1 N–H and O–H groups in total. The van der Waals surface area contributed by atoms with E-state index in [-0.39, 0.29) is 42.0 Å². The predicted octanol–water partition coefficient (Wildman–Crippen LogP) is 8.53. The van der Waals surface area contributed by atoms with Gasteiger partial charge in [0.25, 0.3) is 0 Å². The van der Waals surface area contributed by atoms with Gasteiger partial charge in [0.15, 0.2) is 12.6 Å². The number of ether oxygens (including phenoxy) is 3. The first-order valence-electron chi connectivity index (χ1n) is 20.1. The number of halogens is 3. The minimum Gasteiger partial charge on any atom is -0.468 e. The van der Waals surface area contributed by atoms with Gasteiger partial charge in [-0.25, -0.2) is 13.2 Å². The average Bonchev–Trinajstić information content (AvgIpc) is 3.17. The van der Waals surface area contributed by atoms with Gasteiger partial charge in [-0.2, -0.15) is 9.97 Å². The smallest absolute Gasteiger partial charge is 0.319 e. The number of piperidine rings is 1. The van der Waals surface area contributed by atoms with Crippen molar-refractivity contribution < 1.29 is 27.4 Å². The molecule has 2 saturated heterocycles. The molecule has 2 aliphatic heterocycles. The molecule has 9 nitrogen and oxygen atoms in total. The maximum Gasteiger partial charge on any atom is 0.319 e. The van der Waals surface area contributed by atoms with Crippen LogP contribution in [-0.4, -0.2) is 100 Å². The molecule has 2 fully saturated rings. The lowest BCUT2D eigenvalue weighted by Crippen LogP contribution is -2.45. The third kappa shape index (κ3) is 8.78. The van der Waals surface area contributed by atoms with E-state index in [1.54, 1.807) is 18.2 Å². The summed E-state index contributed by atoms with van der Waals surface area (Å²) in [6.07, 6.45) is 1.56. The zero-order chi connectivity index (χ0) is 40.1. The molecule has 0 bridgehead atoms. The van der Waals surface area contributed by atoms with Gasteiger partial charge in [0.2, 0.25) is 0 Å². The summed E-state index contributed by atoms with van der Waals surface area (Å²) in [4.78, 5) is 18.3. The molecule has 56 heavy (non-hydrogen) atoms. The highest BCUT2D eigenvalue weighted by atomic mass is 28.3. The molecular formula is C43H57F3N6O3Si. The first-order chi connectivity index (χ1) is 26.8. The fourth-order valence-electron chi connectivity index (χ4n) is 8.77. The van der Waals surface area contributed by atoms with Crippen LogP contribution in [0.25, 0.3) is 32.9 Å². The number of benzene rings is 2. The largest absolute Gasteiger partial charge is 0.468 e. The molecule has 0 spiro atoms. The fourth-order valence-corrected chi connectivity index (χ4v) is 14.0. The van der Waals surface area contributed by atoms with Crippen LogP contribution in [0.3, 0.4) is 0 Å². The van der Waals surface area contributed by atoms with Gasteiger partial charge in [0.05, 0.1) is 24.1 Å². The molecule has 0 radical (unpaired) electrons. The first kappa shape index (κ1) is 41.7. The molecular weight excluding hydrogens is 734 g/mol. The van der Waals surface area contributed by atoms with Crippen LogP contribution in [-0.2, 0) is 4.74 Å². The van der Waals surface area contributed by atoms with Crippen molar-refractivity contribution in [3.05, 3.63) is 47.7 Å². The van der Waals surface area contributed by atoms with Crippen LogP contribution in [0, 0.1) is 29.0 Å². The van der Waals surface area contributed by atoms with Gasteiger partial charge < -0.3 is 29.3 Å². The van der Waals surface area contributed by atoms with Crippen molar-refractivity contribution in [2.45, 2.75) is 84.1 Å². The Morgan fingerprint density at radius 2 is 1.70 bits per heavy atom. The molecule has 6 rings (SSSR count). The summed E-state index contributed by atoms with van der Waals surface area (Å²) in [6, 6.07) is 6.47. The topological polar surface area (TPSA) is 84.9 Å². The highest BCUT2D eigenvalue weighted by Crippen LogP contribution is 2.42. The molecule has 4 heterocycles. The number of hydrogen-bond acceptors (Lipinski definition) is 9. The Morgan fingerprint density at radius 3 is 2.38 bits per heavy atom. The van der Waals surface area contributed by atoms with Crippen molar-refractivity contribution in [1.82, 2.24) is 25.2 Å². The van der Waals surface area contributed by atoms with Gasteiger partial charge >= 0.3 is 6.01 Å². The summed E-state index contributed by atoms with van der Waals surface area (Å²) < 4.78 is 65.6. The van der Waals surface area contributed by atoms with E-state index in [0.717, 1.165) is 32.7 Å². The third-order valence-corrected chi connectivity index (χ3v) is 17.8. The van der Waals surface area contributed by atoms with Crippen LogP contribution < -0.4 is 19.7 Å². The molecule has 302 valence electrons. The van der Waals surface area contributed by atoms with E-state index in [0.29, 0.717) is 75.9 Å². The Balaban J connectivity index is 1.53. The number of rotatable bonds is 13. The van der Waals surface area contributed by atoms with E-state index in [2.05, 4.69) is 80.1 Å². The predicted molar refractivity (Wildman–Crippen MR) is 221 cm³/mol. The molecule has 4 aromatic rings. The van der Waals surface area contributed by atoms with Crippen LogP contribution in [0.5, 0.6) is 11.8 Å². The number of nitrogens with one attached hydrogen (secondary N) is 1. The monoisotopic (exact) mass is 790 g/mol. The Bertz CT molecular complexity index is 2040. The molecule has 2 aliphatic rings. The number of aromatic nitrogens is 3. The summed E-state index contributed by atoms with van der Waals surface area (Å²) in [5, 5.41) is 4.75. The average molecular weight is 791 g/mol. The molecule has 0 unspecified atom stereocenters. The zero-order valence-electron chi connectivity index (χ0n) is 34.1. The molecule has 0 saturated carbocycles. The van der Waals surface area contributed by atoms with Gasteiger partial charge in [0, 0.05) is 69.4 Å². The summed E-state index contributed by atoms with van der Waals surface area (Å²) in [5.41, 5.74) is 5.05. The lowest BCUT2D eigenvalue weighted by atomic mass is 9.95. The number of pyridine rings is 1. The molecule has 13 heteroatoms. The first-order valence-corrected chi connectivity index (χ1v) is 22.3. The van der Waals surface area contributed by atoms with E-state index >= 15 is 8.78 Å². The number of hydrogen-bond donors (Lipinski definition) is 1. The van der Waals surface area contributed by atoms with Crippen LogP contribution in [0.4, 0.5) is 19.0 Å². The van der Waals surface area contributed by atoms with Crippen molar-refractivity contribution in [2.75, 3.05) is 71.2 Å². The number of piperazine rings is 1. The maximum absolute atomic E-state index is 17.4. The van der Waals surface area contributed by atoms with E-state index in [9.17, 15) is 4.39 Å². The molecule has 0 aliphatic carbocycles. The maximum atomic E-state index is 17.4. The molecule has 2 atom stereocenters. The highest BCUT2D eigenvalue weighted by molar-refractivity contribution is 6.90. The second kappa shape index (κ2) is 18.1. The standard InChI is InChI=1S/C43H57F3N6O3Si/c1-27(2)56(28(3)4,29(5)6)19-13-34-37(45)12-11-31-20-33(55-26-53-8)21-35(38(31)34)40-39(46)41-36(22-48-40)42(52-16-9-10-32(44)24-52)50-43(49-41)54-25-30(7)23-51-17-14-47-15-18-51/h11-12,20-22,27-30,32,47H,9-10,14-18,23-26H2,1-8H3/t30-,32-/m1/s1. The SMILES string of the molecule is COCOc1cc(-c2ncc3c(N4CCC[C@@H](F)C4)nc(OC[C@H](C)CN4CCNCC4)nc3c2F)c2c(C#C[Si](C(C)C)(C(C)C)C(C)C)c(F)ccc2c1. The van der Waals surface area contributed by atoms with Crippen LogP contribution in [0.1, 0.15) is 66.9 Å². The second-order valence-corrected chi connectivity index (χ2v) is 21.9. The summed E-state index contributed by atoms with van der Waals surface area (Å²) in [5.74, 6) is 3.00. The normalized spacial score (nSPS) is 17.5. The zero-order valence-corrected chi connectivity index (χ0v) is 35.1. The fraction of sp³-hybridized carbons (Fsp3) is 0.558. The number of fused-ring (bicyclic) bond motifs is 2. The van der Waals surface area contributed by atoms with Crippen molar-refractivity contribution in [1.29, 1.82) is 0 Å². The summed E-state index contributed by atoms with van der Waals surface area (Å²) >= 11 is 0. The van der Waals surface area contributed by atoms with E-state index < -0.39 is 25.9 Å². The summed E-state index contributed by atoms with van der Waals surface area (Å²) in [6.45, 7) is 20.9. The number of anilines is 1.